The van der Waals surface area contributed by atoms with E-state index in [0.717, 1.165) is 24.0 Å². The van der Waals surface area contributed by atoms with E-state index in [0.29, 0.717) is 37.6 Å². The van der Waals surface area contributed by atoms with Crippen LogP contribution in [0.1, 0.15) is 43.2 Å². The summed E-state index contributed by atoms with van der Waals surface area (Å²) >= 11 is 0. The molecule has 0 radical (unpaired) electrons. The molecular weight excluding hydrogens is 452 g/mol. The standard InChI is InChI=1S/C25H28N4O4S/c1-18-11-13-21(14-12-18)34(31,32)28-15-5-9-20(17-28)25(30)29-16-6-10-22(29)24-26-23(27-33-24)19-7-3-2-4-8-19/h2-4,7-8,11-14,20,22H,5-6,9-10,15-17H2,1H3/t20-,22-/m0/s1. The van der Waals surface area contributed by atoms with Crippen molar-refractivity contribution in [1.29, 1.82) is 0 Å². The van der Waals surface area contributed by atoms with Crippen LogP contribution in [0.4, 0.5) is 0 Å². The average molecular weight is 481 g/mol. The lowest BCUT2D eigenvalue weighted by Gasteiger charge is -2.34. The average Bonchev–Trinajstić information content (AvgIpc) is 3.54. The van der Waals surface area contributed by atoms with Gasteiger partial charge < -0.3 is 9.42 Å². The zero-order chi connectivity index (χ0) is 23.7. The number of piperidine rings is 1. The van der Waals surface area contributed by atoms with E-state index < -0.39 is 10.0 Å². The molecule has 34 heavy (non-hydrogen) atoms. The molecular formula is C25H28N4O4S. The second kappa shape index (κ2) is 9.31. The number of rotatable bonds is 5. The van der Waals surface area contributed by atoms with Crippen LogP contribution in [0, 0.1) is 12.8 Å². The fraction of sp³-hybridized carbons (Fsp3) is 0.400. The van der Waals surface area contributed by atoms with E-state index in [-0.39, 0.29) is 29.3 Å². The number of sulfonamides is 1. The van der Waals surface area contributed by atoms with E-state index in [9.17, 15) is 13.2 Å². The molecule has 0 spiro atoms. The molecule has 1 aromatic heterocycles. The largest absolute Gasteiger partial charge is 0.337 e. The van der Waals surface area contributed by atoms with Crippen molar-refractivity contribution in [2.75, 3.05) is 19.6 Å². The first kappa shape index (κ1) is 22.7. The third-order valence-corrected chi connectivity index (χ3v) is 8.57. The molecule has 8 nitrogen and oxygen atoms in total. The number of nitrogens with zero attached hydrogens (tertiary/aromatic N) is 4. The van der Waals surface area contributed by atoms with Crippen molar-refractivity contribution >= 4 is 15.9 Å². The first-order chi connectivity index (χ1) is 16.4. The highest BCUT2D eigenvalue weighted by molar-refractivity contribution is 7.89. The fourth-order valence-electron chi connectivity index (χ4n) is 4.82. The molecule has 3 aromatic rings. The molecule has 3 heterocycles. The van der Waals surface area contributed by atoms with Crippen molar-refractivity contribution in [2.24, 2.45) is 5.92 Å². The Labute approximate surface area is 199 Å². The summed E-state index contributed by atoms with van der Waals surface area (Å²) in [4.78, 5) is 20.2. The van der Waals surface area contributed by atoms with Gasteiger partial charge in [0, 0.05) is 25.2 Å². The number of carbonyl (C=O) groups excluding carboxylic acids is 1. The predicted molar refractivity (Wildman–Crippen MR) is 126 cm³/mol. The van der Waals surface area contributed by atoms with E-state index in [1.54, 1.807) is 29.2 Å². The zero-order valence-electron chi connectivity index (χ0n) is 19.1. The molecule has 0 unspecified atom stereocenters. The van der Waals surface area contributed by atoms with Gasteiger partial charge in [-0.05, 0) is 44.7 Å². The van der Waals surface area contributed by atoms with E-state index >= 15 is 0 Å². The molecule has 2 fully saturated rings. The predicted octanol–water partition coefficient (Wildman–Crippen LogP) is 3.81. The second-order valence-corrected chi connectivity index (χ2v) is 11.0. The molecule has 2 aliphatic heterocycles. The first-order valence-electron chi connectivity index (χ1n) is 11.7. The monoisotopic (exact) mass is 480 g/mol. The molecule has 2 atom stereocenters. The van der Waals surface area contributed by atoms with Crippen LogP contribution in [-0.2, 0) is 14.8 Å². The minimum absolute atomic E-state index is 0.0363. The van der Waals surface area contributed by atoms with Crippen molar-refractivity contribution in [2.45, 2.75) is 43.5 Å². The Morgan fingerprint density at radius 2 is 1.74 bits per heavy atom. The number of benzene rings is 2. The molecule has 2 aliphatic rings. The summed E-state index contributed by atoms with van der Waals surface area (Å²) < 4.78 is 33.4. The van der Waals surface area contributed by atoms with Gasteiger partial charge in [0.25, 0.3) is 0 Å². The maximum Gasteiger partial charge on any atom is 0.249 e. The van der Waals surface area contributed by atoms with Crippen LogP contribution in [-0.4, -0.2) is 53.3 Å². The summed E-state index contributed by atoms with van der Waals surface area (Å²) in [6.45, 7) is 3.14. The van der Waals surface area contributed by atoms with Gasteiger partial charge in [-0.1, -0.05) is 53.2 Å². The number of amides is 1. The van der Waals surface area contributed by atoms with Gasteiger partial charge in [0.1, 0.15) is 6.04 Å². The number of aryl methyl sites for hydroxylation is 1. The van der Waals surface area contributed by atoms with Gasteiger partial charge in [-0.2, -0.15) is 9.29 Å². The highest BCUT2D eigenvalue weighted by Gasteiger charge is 2.40. The quantitative estimate of drug-likeness (QED) is 0.551. The summed E-state index contributed by atoms with van der Waals surface area (Å²) in [5.74, 6) is 0.518. The Morgan fingerprint density at radius 3 is 2.50 bits per heavy atom. The van der Waals surface area contributed by atoms with E-state index in [1.165, 1.54) is 4.31 Å². The molecule has 0 N–H and O–H groups in total. The Hall–Kier alpha value is -3.04. The zero-order valence-corrected chi connectivity index (χ0v) is 19.9. The third kappa shape index (κ3) is 4.37. The lowest BCUT2D eigenvalue weighted by Crippen LogP contribution is -2.46. The molecule has 1 amide bonds. The number of likely N-dealkylation sites (tertiary alicyclic amines) is 1. The van der Waals surface area contributed by atoms with Crippen molar-refractivity contribution in [1.82, 2.24) is 19.3 Å². The normalized spacial score (nSPS) is 21.6. The van der Waals surface area contributed by atoms with Gasteiger partial charge in [0.05, 0.1) is 10.8 Å². The lowest BCUT2D eigenvalue weighted by molar-refractivity contribution is -0.138. The van der Waals surface area contributed by atoms with Crippen LogP contribution >= 0.6 is 0 Å². The van der Waals surface area contributed by atoms with Crippen molar-refractivity contribution < 1.29 is 17.7 Å². The van der Waals surface area contributed by atoms with Gasteiger partial charge >= 0.3 is 0 Å². The van der Waals surface area contributed by atoms with E-state index in [1.807, 2.05) is 37.3 Å². The molecule has 2 saturated heterocycles. The van der Waals surface area contributed by atoms with Crippen LogP contribution in [0.2, 0.25) is 0 Å². The number of carbonyl (C=O) groups is 1. The van der Waals surface area contributed by atoms with Crippen LogP contribution in [0.25, 0.3) is 11.4 Å². The highest BCUT2D eigenvalue weighted by Crippen LogP contribution is 2.35. The Balaban J connectivity index is 1.32. The summed E-state index contributed by atoms with van der Waals surface area (Å²) in [5, 5.41) is 4.11. The molecule has 0 saturated carbocycles. The van der Waals surface area contributed by atoms with E-state index in [4.69, 9.17) is 4.52 Å². The van der Waals surface area contributed by atoms with Crippen molar-refractivity contribution in [3.8, 4) is 11.4 Å². The number of hydrogen-bond acceptors (Lipinski definition) is 6. The van der Waals surface area contributed by atoms with Gasteiger partial charge in [0.2, 0.25) is 27.6 Å². The molecule has 9 heteroatoms. The lowest BCUT2D eigenvalue weighted by atomic mass is 9.97. The first-order valence-corrected chi connectivity index (χ1v) is 13.1. The van der Waals surface area contributed by atoms with Gasteiger partial charge in [-0.15, -0.1) is 0 Å². The van der Waals surface area contributed by atoms with E-state index in [2.05, 4.69) is 10.1 Å². The number of hydrogen-bond donors (Lipinski definition) is 0. The molecule has 0 bridgehead atoms. The third-order valence-electron chi connectivity index (χ3n) is 6.69. The Bertz CT molecular complexity index is 1260. The topological polar surface area (TPSA) is 96.6 Å². The van der Waals surface area contributed by atoms with Crippen molar-refractivity contribution in [3.63, 3.8) is 0 Å². The SMILES string of the molecule is Cc1ccc(S(=O)(=O)N2CCC[C@H](C(=O)N3CCC[C@H]3c3nc(-c4ccccc4)no3)C2)cc1. The molecule has 178 valence electrons. The molecule has 0 aliphatic carbocycles. The molecule has 2 aromatic carbocycles. The van der Waals surface area contributed by atoms with Crippen molar-refractivity contribution in [3.05, 3.63) is 66.1 Å². The Kier molecular flexibility index (Phi) is 6.22. The smallest absolute Gasteiger partial charge is 0.249 e. The highest BCUT2D eigenvalue weighted by atomic mass is 32.2. The summed E-state index contributed by atoms with van der Waals surface area (Å²) in [6, 6.07) is 16.2. The summed E-state index contributed by atoms with van der Waals surface area (Å²) in [6.07, 6.45) is 2.91. The van der Waals surface area contributed by atoms with Gasteiger partial charge in [-0.25, -0.2) is 8.42 Å². The minimum Gasteiger partial charge on any atom is -0.337 e. The Morgan fingerprint density at radius 1 is 1.00 bits per heavy atom. The minimum atomic E-state index is -3.64. The molecule has 5 rings (SSSR count). The maximum atomic E-state index is 13.5. The van der Waals surface area contributed by atoms with Crippen LogP contribution in [0.3, 0.4) is 0 Å². The summed E-state index contributed by atoms with van der Waals surface area (Å²) in [7, 11) is -3.64. The fourth-order valence-corrected chi connectivity index (χ4v) is 6.34. The van der Waals surface area contributed by atoms with Gasteiger partial charge in [0.15, 0.2) is 0 Å². The number of aromatic nitrogens is 2. The van der Waals surface area contributed by atoms with Crippen LogP contribution < -0.4 is 0 Å². The van der Waals surface area contributed by atoms with Crippen LogP contribution in [0.15, 0.2) is 64.0 Å². The second-order valence-electron chi connectivity index (χ2n) is 9.03. The van der Waals surface area contributed by atoms with Gasteiger partial charge in [-0.3, -0.25) is 4.79 Å². The van der Waals surface area contributed by atoms with Crippen LogP contribution in [0.5, 0.6) is 0 Å². The maximum absolute atomic E-state index is 13.5. The summed E-state index contributed by atoms with van der Waals surface area (Å²) in [5.41, 5.74) is 1.86.